The summed E-state index contributed by atoms with van der Waals surface area (Å²) in [4.78, 5) is 163. The third-order valence-electron chi connectivity index (χ3n) is 18.6. The number of fused-ring (bicyclic) bond motifs is 5. The number of hydrogen-bond donors (Lipinski definition) is 10. The molecule has 28 nitrogen and oxygen atoms in total. The SMILES string of the molecule is CC(=O)O[C@@]12CO[C@@H]1C[C@H](O)[C@@]1(C)C(=O)[C@H](O)C3=C(C)[C@@H](OC(=O)[C@H](OC(=O)CCC(=O)NCCCCC(NC(=O)CC[C@H](NC(=O)C(C)NC(=O)/C=C/c4ccc(Cl)cc4)C(N)=O)C(N)=O)[C@H](NC(=O)OC(C)(C)C)c4ccccc4)C[C@@](O)([C@@H](OC(=O)c4ccccc4)[C@H]21)C3(C)C. The van der Waals surface area contributed by atoms with E-state index >= 15 is 9.59 Å². The lowest BCUT2D eigenvalue weighted by molar-refractivity contribution is -0.346. The number of nitrogens with two attached hydrogens (primary N) is 2. The van der Waals surface area contributed by atoms with Crippen molar-refractivity contribution < 1.29 is 101 Å². The van der Waals surface area contributed by atoms with Crippen molar-refractivity contribution >= 4 is 88.9 Å². The van der Waals surface area contributed by atoms with Crippen LogP contribution in [0, 0.1) is 16.7 Å². The molecule has 3 aromatic carbocycles. The third kappa shape index (κ3) is 18.2. The molecule has 7 rings (SSSR count). The summed E-state index contributed by atoms with van der Waals surface area (Å²) in [5.41, 5.74) is 2.38. The summed E-state index contributed by atoms with van der Waals surface area (Å²) in [7, 11) is 0. The zero-order valence-corrected chi connectivity index (χ0v) is 57.3. The molecule has 7 amide bonds. The quantitative estimate of drug-likeness (QED) is 0.0164. The molecule has 14 atom stereocenters. The molecule has 3 fully saturated rings. The molecule has 4 aliphatic rings. The number of alkyl carbamates (subject to hydrolysis) is 1. The lowest BCUT2D eigenvalue weighted by Crippen LogP contribution is -2.81. The van der Waals surface area contributed by atoms with Crippen LogP contribution in [-0.2, 0) is 76.4 Å². The Bertz CT molecular complexity index is 3600. The van der Waals surface area contributed by atoms with Crippen LogP contribution in [0.1, 0.15) is 148 Å². The molecule has 3 aliphatic carbocycles. The van der Waals surface area contributed by atoms with Crippen LogP contribution < -0.4 is 38.1 Å². The number of amides is 7. The number of esters is 4. The average Bonchev–Trinajstić information content (AvgIpc) is 0.671. The van der Waals surface area contributed by atoms with E-state index in [1.165, 1.54) is 71.0 Å². The van der Waals surface area contributed by atoms with Crippen LogP contribution in [0.25, 0.3) is 6.08 Å². The van der Waals surface area contributed by atoms with Gasteiger partial charge in [-0.2, -0.15) is 0 Å². The first kappa shape index (κ1) is 77.3. The topological polar surface area (TPSA) is 433 Å². The maximum atomic E-state index is 15.4. The molecule has 1 heterocycles. The standard InChI is InChI=1S/C70H88ClN7O21/c1-37-46(35-70(93)59(97-63(90)42-20-14-11-15-21-42)57-68(9,58(86)55(85)53(37)67(70,7)8)47(80)34-48-69(57,36-94-48)98-39(3)79)95-64(91)56(54(41-18-12-10-13-19-41)78-65(92)99-66(4,5)6)96-52(84)32-31-49(81)74-33-17-16-22-44(60(72)87)76-51(83)30-28-45(61(73)88)77-62(89)38(2)75-50(82)29-25-40-23-26-43(71)27-24-40/h10-15,18-21,23-27,29,38,44-48,54-57,59,80,85,93H,16-17,22,28,30-36H2,1-9H3,(H2,72,87)(H2,73,88)(H,74,81)(H,75,82)(H,76,83)(H,77,89)(H,78,92)/b29-25+/t38?,44?,45-,46-,47-,48+,54+,55+,56+,57-,59-,68+,69-,70+/m0/s1. The van der Waals surface area contributed by atoms with Crippen LogP contribution in [0.15, 0.2) is 102 Å². The number of aliphatic hydroxyl groups is 3. The minimum Gasteiger partial charge on any atom is -0.455 e. The molecule has 2 unspecified atom stereocenters. The van der Waals surface area contributed by atoms with Crippen LogP contribution >= 0.6 is 11.6 Å². The first-order valence-corrected chi connectivity index (χ1v) is 32.9. The molecule has 29 heteroatoms. The van der Waals surface area contributed by atoms with Crippen molar-refractivity contribution in [1.82, 2.24) is 26.6 Å². The van der Waals surface area contributed by atoms with E-state index in [1.807, 2.05) is 0 Å². The Morgan fingerprint density at radius 3 is 2.01 bits per heavy atom. The normalized spacial score (nSPS) is 25.2. The zero-order chi connectivity index (χ0) is 73.1. The summed E-state index contributed by atoms with van der Waals surface area (Å²) in [6.07, 6.45) is -11.4. The molecule has 1 saturated heterocycles. The summed E-state index contributed by atoms with van der Waals surface area (Å²) in [5, 5.41) is 51.7. The number of halogens is 1. The van der Waals surface area contributed by atoms with E-state index in [4.69, 9.17) is 51.5 Å². The molecular formula is C70H88ClN7O21. The van der Waals surface area contributed by atoms with Gasteiger partial charge < -0.3 is 81.8 Å². The van der Waals surface area contributed by atoms with Crippen molar-refractivity contribution in [3.8, 4) is 0 Å². The Morgan fingerprint density at radius 1 is 0.788 bits per heavy atom. The van der Waals surface area contributed by atoms with Crippen molar-refractivity contribution in [2.75, 3.05) is 13.2 Å². The summed E-state index contributed by atoms with van der Waals surface area (Å²) >= 11 is 5.90. The second kappa shape index (κ2) is 32.3. The summed E-state index contributed by atoms with van der Waals surface area (Å²) in [6.45, 7) is 12.6. The number of ether oxygens (including phenoxy) is 6. The van der Waals surface area contributed by atoms with Gasteiger partial charge in [0.1, 0.15) is 59.8 Å². The second-order valence-corrected chi connectivity index (χ2v) is 27.5. The van der Waals surface area contributed by atoms with Crippen molar-refractivity contribution in [3.63, 3.8) is 0 Å². The highest BCUT2D eigenvalue weighted by molar-refractivity contribution is 6.30. The minimum absolute atomic E-state index is 0.00131. The van der Waals surface area contributed by atoms with Gasteiger partial charge in [-0.3, -0.25) is 43.2 Å². The van der Waals surface area contributed by atoms with Gasteiger partial charge >= 0.3 is 30.0 Å². The number of primary amides is 2. The first-order chi connectivity index (χ1) is 46.4. The van der Waals surface area contributed by atoms with Gasteiger partial charge in [-0.25, -0.2) is 14.4 Å². The molecule has 2 bridgehead atoms. The fourth-order valence-corrected chi connectivity index (χ4v) is 13.5. The number of rotatable bonds is 28. The second-order valence-electron chi connectivity index (χ2n) is 27.0. The minimum atomic E-state index is -2.54. The molecule has 1 aliphatic heterocycles. The van der Waals surface area contributed by atoms with Gasteiger partial charge in [0.05, 0.1) is 36.0 Å². The van der Waals surface area contributed by atoms with Gasteiger partial charge in [0.15, 0.2) is 11.4 Å². The number of Topliss-reactive ketones (excluding diaryl/α,β-unsaturated/α-hetero) is 1. The number of ketones is 1. The smallest absolute Gasteiger partial charge is 0.408 e. The summed E-state index contributed by atoms with van der Waals surface area (Å²) < 4.78 is 36.2. The Morgan fingerprint density at radius 2 is 1.41 bits per heavy atom. The third-order valence-corrected chi connectivity index (χ3v) is 18.9. The molecular weight excluding hydrogens is 1310 g/mol. The van der Waals surface area contributed by atoms with Crippen LogP contribution in [0.2, 0.25) is 5.02 Å². The summed E-state index contributed by atoms with van der Waals surface area (Å²) in [6, 6.07) is 16.8. The van der Waals surface area contributed by atoms with Crippen molar-refractivity contribution in [3.05, 3.63) is 124 Å². The van der Waals surface area contributed by atoms with Crippen LogP contribution in [0.4, 0.5) is 4.79 Å². The van der Waals surface area contributed by atoms with Gasteiger partial charge in [0.25, 0.3) is 0 Å². The number of aliphatic hydroxyl groups excluding tert-OH is 2. The highest BCUT2D eigenvalue weighted by Gasteiger charge is 2.78. The van der Waals surface area contributed by atoms with Crippen molar-refractivity contribution in [1.29, 1.82) is 0 Å². The Labute approximate surface area is 577 Å². The molecule has 2 saturated carbocycles. The molecule has 99 heavy (non-hydrogen) atoms. The number of carbonyl (C=O) groups is 12. The lowest BCUT2D eigenvalue weighted by Gasteiger charge is -2.67. The van der Waals surface area contributed by atoms with E-state index in [-0.39, 0.29) is 73.9 Å². The molecule has 12 N–H and O–H groups in total. The maximum absolute atomic E-state index is 15.4. The monoisotopic (exact) mass is 1400 g/mol. The Hall–Kier alpha value is -9.09. The highest BCUT2D eigenvalue weighted by atomic mass is 35.5. The lowest BCUT2D eigenvalue weighted by atomic mass is 9.44. The van der Waals surface area contributed by atoms with Crippen LogP contribution in [0.3, 0.4) is 0 Å². The predicted molar refractivity (Wildman–Crippen MR) is 353 cm³/mol. The number of hydrogen-bond acceptors (Lipinski definition) is 21. The molecule has 0 radical (unpaired) electrons. The number of unbranched alkanes of at least 4 members (excludes halogenated alkanes) is 1. The summed E-state index contributed by atoms with van der Waals surface area (Å²) in [5.74, 6) is -11.6. The van der Waals surface area contributed by atoms with E-state index in [9.17, 15) is 63.3 Å². The van der Waals surface area contributed by atoms with E-state index in [0.29, 0.717) is 10.6 Å². The van der Waals surface area contributed by atoms with E-state index in [2.05, 4.69) is 26.6 Å². The molecule has 0 aromatic heterocycles. The Balaban J connectivity index is 1.04. The number of nitrogens with one attached hydrogen (secondary N) is 5. The van der Waals surface area contributed by atoms with Gasteiger partial charge in [0, 0.05) is 55.7 Å². The van der Waals surface area contributed by atoms with E-state index in [1.54, 1.807) is 81.4 Å². The van der Waals surface area contributed by atoms with Gasteiger partial charge in [0.2, 0.25) is 41.5 Å². The van der Waals surface area contributed by atoms with Crippen molar-refractivity contribution in [2.24, 2.45) is 28.2 Å². The molecule has 536 valence electrons. The largest absolute Gasteiger partial charge is 0.455 e. The van der Waals surface area contributed by atoms with Gasteiger partial charge in [-0.15, -0.1) is 0 Å². The van der Waals surface area contributed by atoms with E-state index < -0.39 is 185 Å². The number of benzene rings is 3. The number of carbonyl (C=O) groups excluding carboxylic acids is 12. The van der Waals surface area contributed by atoms with Crippen molar-refractivity contribution in [2.45, 2.75) is 198 Å². The predicted octanol–water partition coefficient (Wildman–Crippen LogP) is 3.47. The van der Waals surface area contributed by atoms with Crippen LogP contribution in [-0.4, -0.2) is 171 Å². The fourth-order valence-electron chi connectivity index (χ4n) is 13.4. The molecule has 3 aromatic rings. The van der Waals surface area contributed by atoms with Gasteiger partial charge in [-0.05, 0) is 120 Å². The first-order valence-electron chi connectivity index (χ1n) is 32.5. The van der Waals surface area contributed by atoms with E-state index in [0.717, 1.165) is 6.92 Å². The average molecular weight is 1400 g/mol. The highest BCUT2D eigenvalue weighted by Crippen LogP contribution is 2.64. The fraction of sp³-hybridized carbons (Fsp3) is 0.514. The molecule has 0 spiro atoms. The zero-order valence-electron chi connectivity index (χ0n) is 56.6. The van der Waals surface area contributed by atoms with Gasteiger partial charge in [-0.1, -0.05) is 86.1 Å². The Kier molecular flexibility index (Phi) is 25.2. The maximum Gasteiger partial charge on any atom is 0.408 e. The van der Waals surface area contributed by atoms with Crippen LogP contribution in [0.5, 0.6) is 0 Å².